The largest absolute Gasteiger partial charge is 0.450 e. The van der Waals surface area contributed by atoms with Crippen molar-refractivity contribution in [2.45, 2.75) is 0 Å². The summed E-state index contributed by atoms with van der Waals surface area (Å²) in [6.07, 6.45) is 1.68. The van der Waals surface area contributed by atoms with Crippen molar-refractivity contribution in [3.8, 4) is 11.5 Å². The lowest BCUT2D eigenvalue weighted by molar-refractivity contribution is 0.662. The highest BCUT2D eigenvalue weighted by Gasteiger charge is 2.23. The van der Waals surface area contributed by atoms with Crippen LogP contribution in [0.25, 0.3) is 118 Å². The second-order valence-electron chi connectivity index (χ2n) is 13.7. The lowest BCUT2D eigenvalue weighted by Crippen LogP contribution is -1.98. The Morgan fingerprint density at radius 3 is 1.68 bits per heavy atom. The zero-order valence-electron chi connectivity index (χ0n) is 27.9. The van der Waals surface area contributed by atoms with Crippen LogP contribution in [0.2, 0.25) is 0 Å². The van der Waals surface area contributed by atoms with E-state index in [4.69, 9.17) is 14.4 Å². The fourth-order valence-corrected chi connectivity index (χ4v) is 11.3. The molecule has 0 aliphatic carbocycles. The molecule has 246 valence electrons. The van der Waals surface area contributed by atoms with E-state index in [1.807, 2.05) is 22.7 Å². The van der Waals surface area contributed by atoms with Gasteiger partial charge in [0, 0.05) is 73.0 Å². The first-order valence-corrected chi connectivity index (χ1v) is 19.3. The zero-order valence-corrected chi connectivity index (χ0v) is 29.5. The van der Waals surface area contributed by atoms with Crippen LogP contribution in [0, 0.1) is 0 Å². The first kappa shape index (κ1) is 28.1. The molecule has 0 amide bonds. The maximum absolute atomic E-state index is 6.73. The highest BCUT2D eigenvalue weighted by molar-refractivity contribution is 7.27. The van der Waals surface area contributed by atoms with Gasteiger partial charge in [-0.15, -0.1) is 22.7 Å². The molecule has 0 aliphatic heterocycles. The summed E-state index contributed by atoms with van der Waals surface area (Å²) in [5, 5.41) is 11.1. The third kappa shape index (κ3) is 3.60. The van der Waals surface area contributed by atoms with Crippen LogP contribution in [0.5, 0.6) is 0 Å². The normalized spacial score (nSPS) is 12.5. The third-order valence-corrected chi connectivity index (χ3v) is 13.5. The number of para-hydroxylation sites is 2. The Morgan fingerprint density at radius 2 is 1.02 bits per heavy atom. The van der Waals surface area contributed by atoms with Crippen molar-refractivity contribution in [2.24, 2.45) is 0 Å². The summed E-state index contributed by atoms with van der Waals surface area (Å²) in [6, 6.07) is 50.3. The number of benzene rings is 7. The Bertz CT molecular complexity index is 3710. The van der Waals surface area contributed by atoms with E-state index >= 15 is 0 Å². The van der Waals surface area contributed by atoms with Crippen molar-refractivity contribution >= 4 is 129 Å². The monoisotopic (exact) mass is 712 g/mol. The third-order valence-electron chi connectivity index (χ3n) is 11.0. The molecule has 0 saturated carbocycles. The molecule has 53 heavy (non-hydrogen) atoms. The molecular weight excluding hydrogens is 689 g/mol. The zero-order chi connectivity index (χ0) is 34.4. The molecule has 13 rings (SSSR count). The van der Waals surface area contributed by atoms with Crippen LogP contribution in [0.4, 0.5) is 0 Å². The Morgan fingerprint density at radius 1 is 0.453 bits per heavy atom. The van der Waals surface area contributed by atoms with Crippen molar-refractivity contribution in [1.29, 1.82) is 0 Å². The van der Waals surface area contributed by atoms with Gasteiger partial charge >= 0.3 is 0 Å². The molecule has 0 fully saturated rings. The van der Waals surface area contributed by atoms with Crippen molar-refractivity contribution < 1.29 is 4.42 Å². The van der Waals surface area contributed by atoms with Crippen molar-refractivity contribution in [2.75, 3.05) is 0 Å². The molecular formula is C46H24N4OS2. The van der Waals surface area contributed by atoms with Gasteiger partial charge in [0.25, 0.3) is 0 Å². The van der Waals surface area contributed by atoms with Gasteiger partial charge in [-0.05, 0) is 54.6 Å². The summed E-state index contributed by atoms with van der Waals surface area (Å²) >= 11 is 3.73. The van der Waals surface area contributed by atoms with Crippen LogP contribution < -0.4 is 0 Å². The fraction of sp³-hybridized carbons (Fsp3) is 0. The second-order valence-corrected chi connectivity index (χ2v) is 15.8. The van der Waals surface area contributed by atoms with Crippen LogP contribution in [0.3, 0.4) is 0 Å². The minimum atomic E-state index is 0.674. The Kier molecular flexibility index (Phi) is 5.34. The number of thiophene rings is 2. The van der Waals surface area contributed by atoms with E-state index < -0.39 is 0 Å². The van der Waals surface area contributed by atoms with Crippen LogP contribution in [-0.2, 0) is 0 Å². The van der Waals surface area contributed by atoms with Crippen molar-refractivity contribution in [1.82, 2.24) is 19.1 Å². The van der Waals surface area contributed by atoms with Gasteiger partial charge in [-0.3, -0.25) is 4.57 Å². The van der Waals surface area contributed by atoms with Crippen molar-refractivity contribution in [3.05, 3.63) is 146 Å². The number of aromatic nitrogens is 4. The topological polar surface area (TPSA) is 48.8 Å². The van der Waals surface area contributed by atoms with E-state index in [1.165, 1.54) is 72.9 Å². The van der Waals surface area contributed by atoms with E-state index in [2.05, 4.69) is 149 Å². The molecule has 0 unspecified atom stereocenters. The summed E-state index contributed by atoms with van der Waals surface area (Å²) in [7, 11) is 0. The number of furan rings is 1. The van der Waals surface area contributed by atoms with Gasteiger partial charge in [-0.2, -0.15) is 0 Å². The van der Waals surface area contributed by atoms with Crippen LogP contribution in [0.15, 0.2) is 150 Å². The molecule has 6 aromatic heterocycles. The fourth-order valence-electron chi connectivity index (χ4n) is 8.83. The maximum atomic E-state index is 6.73. The molecule has 0 atom stereocenters. The quantitative estimate of drug-likeness (QED) is 0.179. The highest BCUT2D eigenvalue weighted by atomic mass is 32.1. The Hall–Kier alpha value is -6.54. The Labute approximate surface area is 308 Å². The number of nitrogens with zero attached hydrogens (tertiary/aromatic N) is 4. The molecule has 0 bridgehead atoms. The maximum Gasteiger partial charge on any atom is 0.197 e. The molecule has 0 aliphatic rings. The Balaban J connectivity index is 1.07. The molecule has 6 heterocycles. The minimum Gasteiger partial charge on any atom is -0.450 e. The average molecular weight is 713 g/mol. The lowest BCUT2D eigenvalue weighted by Gasteiger charge is -2.08. The summed E-state index contributed by atoms with van der Waals surface area (Å²) in [4.78, 5) is 9.79. The summed E-state index contributed by atoms with van der Waals surface area (Å²) in [5.41, 5.74) is 7.87. The van der Waals surface area contributed by atoms with E-state index in [-0.39, 0.29) is 0 Å². The minimum absolute atomic E-state index is 0.674. The number of rotatable bonds is 2. The molecule has 0 saturated heterocycles. The van der Waals surface area contributed by atoms with Gasteiger partial charge in [0.05, 0.1) is 22.1 Å². The molecule has 7 heteroatoms. The van der Waals surface area contributed by atoms with Gasteiger partial charge in [0.2, 0.25) is 0 Å². The molecule has 7 aromatic carbocycles. The standard InChI is InChI=1S/C46H24N4OS2/c1-5-13-33-30(11-1)40-35(20-18-28-26-9-3-7-15-38(26)52-44(28)40)49(33)25-17-22-37-32(23-25)42-43(51-37)46(48-24-47-42)50-34-14-6-2-12-31(34)41-36(50)21-19-29-27-10-4-8-16-39(27)53-45(29)41/h1-24H. The molecule has 0 N–H and O–H groups in total. The van der Waals surface area contributed by atoms with Gasteiger partial charge in [-0.1, -0.05) is 84.9 Å². The molecule has 0 radical (unpaired) electrons. The van der Waals surface area contributed by atoms with Crippen molar-refractivity contribution in [3.63, 3.8) is 0 Å². The summed E-state index contributed by atoms with van der Waals surface area (Å²) in [5.74, 6) is 0.739. The van der Waals surface area contributed by atoms with Gasteiger partial charge < -0.3 is 8.98 Å². The average Bonchev–Trinajstić information content (AvgIpc) is 4.01. The lowest BCUT2D eigenvalue weighted by atomic mass is 10.1. The molecule has 13 aromatic rings. The van der Waals surface area contributed by atoms with Gasteiger partial charge in [0.15, 0.2) is 11.4 Å². The van der Waals surface area contributed by atoms with E-state index in [1.54, 1.807) is 6.33 Å². The van der Waals surface area contributed by atoms with E-state index in [0.29, 0.717) is 5.58 Å². The smallest absolute Gasteiger partial charge is 0.197 e. The van der Waals surface area contributed by atoms with Crippen LogP contribution >= 0.6 is 22.7 Å². The van der Waals surface area contributed by atoms with E-state index in [0.717, 1.165) is 39.0 Å². The van der Waals surface area contributed by atoms with E-state index in [9.17, 15) is 0 Å². The predicted molar refractivity (Wildman–Crippen MR) is 224 cm³/mol. The molecule has 5 nitrogen and oxygen atoms in total. The van der Waals surface area contributed by atoms with Crippen LogP contribution in [0.1, 0.15) is 0 Å². The predicted octanol–water partition coefficient (Wildman–Crippen LogP) is 13.3. The first-order chi connectivity index (χ1) is 26.3. The second kappa shape index (κ2) is 10.1. The summed E-state index contributed by atoms with van der Waals surface area (Å²) < 4.78 is 16.6. The highest BCUT2D eigenvalue weighted by Crippen LogP contribution is 2.46. The first-order valence-electron chi connectivity index (χ1n) is 17.6. The van der Waals surface area contributed by atoms with Gasteiger partial charge in [-0.25, -0.2) is 9.97 Å². The van der Waals surface area contributed by atoms with Gasteiger partial charge in [0.1, 0.15) is 17.4 Å². The van der Waals surface area contributed by atoms with Crippen LogP contribution in [-0.4, -0.2) is 19.1 Å². The number of hydrogen-bond acceptors (Lipinski definition) is 5. The number of fused-ring (bicyclic) bond motifs is 17. The number of hydrogen-bond donors (Lipinski definition) is 0. The molecule has 0 spiro atoms. The summed E-state index contributed by atoms with van der Waals surface area (Å²) in [6.45, 7) is 0. The SMILES string of the molecule is c1ccc2c(c1)sc1c2ccc2c1c1ccccc1n2-c1ccc2oc3c(-n4c5ccccc5c5c6sc7ccccc7c6ccc54)ncnc3c2c1.